The number of benzene rings is 3. The number of piperazine rings is 1. The van der Waals surface area contributed by atoms with Gasteiger partial charge in [0.25, 0.3) is 0 Å². The second-order valence-corrected chi connectivity index (χ2v) is 11.4. The summed E-state index contributed by atoms with van der Waals surface area (Å²) in [6.07, 6.45) is 2.21. The summed E-state index contributed by atoms with van der Waals surface area (Å²) in [6, 6.07) is 21.2. The maximum atomic E-state index is 14.2. The minimum absolute atomic E-state index is 0.00750. The molecule has 11 nitrogen and oxygen atoms in total. The SMILES string of the molecule is CCCN(C(=O)NCc1ccccc1)N1CC(=O)N2[C@@H](Cc3ccc(O)cc3)C(=O)N(Cc3cccc4c3ncn4C)C[C@@H]21. The molecule has 0 aliphatic carbocycles. The zero-order chi connectivity index (χ0) is 30.8. The second-order valence-electron chi connectivity index (χ2n) is 11.4. The van der Waals surface area contributed by atoms with Crippen molar-refractivity contribution in [3.8, 4) is 5.75 Å². The molecule has 44 heavy (non-hydrogen) atoms. The standard InChI is InChI=1S/C33H37N7O4/c1-3-16-38(33(44)34-18-24-8-5-4-6-9-24)39-21-30(42)40-28(17-23-12-14-26(41)15-13-23)32(43)37(20-29(39)40)19-25-10-7-11-27-31(25)35-22-36(27)2/h4-15,22,28-29,41H,3,16-21H2,1-2H3,(H,34,44)/t28-,29+/m0/s1. The molecule has 2 aliphatic heterocycles. The molecule has 6 rings (SSSR count). The van der Waals surface area contributed by atoms with Crippen molar-refractivity contribution in [1.29, 1.82) is 0 Å². The Labute approximate surface area is 256 Å². The molecule has 0 bridgehead atoms. The van der Waals surface area contributed by atoms with Gasteiger partial charge in [-0.15, -0.1) is 0 Å². The van der Waals surface area contributed by atoms with Crippen LogP contribution in [0.5, 0.6) is 5.75 Å². The fourth-order valence-corrected chi connectivity index (χ4v) is 6.22. The number of carbonyl (C=O) groups is 3. The lowest BCUT2D eigenvalue weighted by Gasteiger charge is -2.46. The number of aromatic nitrogens is 2. The molecular weight excluding hydrogens is 558 g/mol. The van der Waals surface area contributed by atoms with Crippen LogP contribution in [0.1, 0.15) is 30.0 Å². The zero-order valence-corrected chi connectivity index (χ0v) is 25.0. The van der Waals surface area contributed by atoms with E-state index in [0.29, 0.717) is 26.1 Å². The number of rotatable bonds is 9. The topological polar surface area (TPSA) is 114 Å². The Morgan fingerprint density at radius 1 is 1.02 bits per heavy atom. The van der Waals surface area contributed by atoms with Crippen LogP contribution in [0.15, 0.2) is 79.1 Å². The molecule has 2 atom stereocenters. The molecular formula is C33H37N7O4. The van der Waals surface area contributed by atoms with E-state index in [1.165, 1.54) is 0 Å². The van der Waals surface area contributed by atoms with Crippen LogP contribution < -0.4 is 5.32 Å². The Balaban J connectivity index is 1.31. The maximum absolute atomic E-state index is 14.2. The van der Waals surface area contributed by atoms with Crippen LogP contribution in [0.3, 0.4) is 0 Å². The smallest absolute Gasteiger partial charge is 0.332 e. The molecule has 0 saturated carbocycles. The molecule has 4 aromatic rings. The number of aromatic hydroxyl groups is 1. The molecule has 4 amide bonds. The first-order valence-corrected chi connectivity index (χ1v) is 15.0. The van der Waals surface area contributed by atoms with E-state index < -0.39 is 12.2 Å². The number of nitrogens with zero attached hydrogens (tertiary/aromatic N) is 6. The van der Waals surface area contributed by atoms with Crippen molar-refractivity contribution in [2.24, 2.45) is 7.05 Å². The van der Waals surface area contributed by atoms with Crippen molar-refractivity contribution < 1.29 is 19.5 Å². The van der Waals surface area contributed by atoms with E-state index in [0.717, 1.165) is 27.7 Å². The molecule has 0 unspecified atom stereocenters. The number of nitrogens with one attached hydrogen (secondary N) is 1. The van der Waals surface area contributed by atoms with Crippen LogP contribution in [-0.4, -0.2) is 84.2 Å². The Bertz CT molecular complexity index is 1660. The normalized spacial score (nSPS) is 18.6. The van der Waals surface area contributed by atoms with Crippen LogP contribution in [-0.2, 0) is 36.1 Å². The minimum Gasteiger partial charge on any atom is -0.508 e. The molecule has 2 saturated heterocycles. The summed E-state index contributed by atoms with van der Waals surface area (Å²) in [5.74, 6) is -0.226. The minimum atomic E-state index is -0.769. The highest BCUT2D eigenvalue weighted by atomic mass is 16.3. The molecule has 11 heteroatoms. The van der Waals surface area contributed by atoms with Gasteiger partial charge >= 0.3 is 6.03 Å². The fraction of sp³-hybridized carbons (Fsp3) is 0.333. The van der Waals surface area contributed by atoms with Crippen LogP contribution in [0.25, 0.3) is 11.0 Å². The molecule has 3 heterocycles. The monoisotopic (exact) mass is 595 g/mol. The number of phenols is 1. The molecule has 1 aromatic heterocycles. The number of imidazole rings is 1. The largest absolute Gasteiger partial charge is 0.508 e. The van der Waals surface area contributed by atoms with E-state index in [2.05, 4.69) is 10.3 Å². The number of aryl methyl sites for hydroxylation is 1. The summed E-state index contributed by atoms with van der Waals surface area (Å²) < 4.78 is 1.94. The van der Waals surface area contributed by atoms with Crippen molar-refractivity contribution in [2.75, 3.05) is 19.6 Å². The van der Waals surface area contributed by atoms with E-state index in [4.69, 9.17) is 0 Å². The van der Waals surface area contributed by atoms with Gasteiger partial charge < -0.3 is 24.8 Å². The van der Waals surface area contributed by atoms with Crippen molar-refractivity contribution in [3.05, 3.63) is 95.8 Å². The van der Waals surface area contributed by atoms with Crippen LogP contribution in [0.4, 0.5) is 4.79 Å². The highest BCUT2D eigenvalue weighted by Crippen LogP contribution is 2.31. The summed E-state index contributed by atoms with van der Waals surface area (Å²) in [5.41, 5.74) is 4.51. The van der Waals surface area contributed by atoms with Gasteiger partial charge in [-0.2, -0.15) is 5.01 Å². The van der Waals surface area contributed by atoms with Gasteiger partial charge in [0.1, 0.15) is 18.0 Å². The van der Waals surface area contributed by atoms with Crippen LogP contribution in [0, 0.1) is 0 Å². The zero-order valence-electron chi connectivity index (χ0n) is 25.0. The Hall–Kier alpha value is -4.90. The molecule has 2 aliphatic rings. The summed E-state index contributed by atoms with van der Waals surface area (Å²) >= 11 is 0. The van der Waals surface area contributed by atoms with Gasteiger partial charge in [0.15, 0.2) is 0 Å². The molecule has 0 spiro atoms. The quantitative estimate of drug-likeness (QED) is 0.307. The molecule has 2 fully saturated rings. The van der Waals surface area contributed by atoms with E-state index in [9.17, 15) is 19.5 Å². The molecule has 0 radical (unpaired) electrons. The van der Waals surface area contributed by atoms with Crippen LogP contribution in [0.2, 0.25) is 0 Å². The highest BCUT2D eigenvalue weighted by Gasteiger charge is 2.52. The van der Waals surface area contributed by atoms with Crippen molar-refractivity contribution in [3.63, 3.8) is 0 Å². The third kappa shape index (κ3) is 5.70. The predicted molar refractivity (Wildman–Crippen MR) is 165 cm³/mol. The van der Waals surface area contributed by atoms with Crippen molar-refractivity contribution >= 4 is 28.9 Å². The number of phenolic OH excluding ortho intramolecular Hbond substituents is 1. The number of para-hydroxylation sites is 1. The highest BCUT2D eigenvalue weighted by molar-refractivity contribution is 5.92. The summed E-state index contributed by atoms with van der Waals surface area (Å²) in [7, 11) is 1.93. The number of hydrazine groups is 1. The average molecular weight is 596 g/mol. The Morgan fingerprint density at radius 2 is 1.80 bits per heavy atom. The van der Waals surface area contributed by atoms with Gasteiger partial charge in [-0.1, -0.05) is 61.5 Å². The number of hydrogen-bond donors (Lipinski definition) is 2. The van der Waals surface area contributed by atoms with E-state index >= 15 is 0 Å². The number of amides is 4. The maximum Gasteiger partial charge on any atom is 0.332 e. The number of urea groups is 1. The lowest BCUT2D eigenvalue weighted by molar-refractivity contribution is -0.157. The van der Waals surface area contributed by atoms with Crippen LogP contribution >= 0.6 is 0 Å². The van der Waals surface area contributed by atoms with Gasteiger partial charge in [-0.25, -0.2) is 9.78 Å². The van der Waals surface area contributed by atoms with Crippen molar-refractivity contribution in [2.45, 2.75) is 45.1 Å². The van der Waals surface area contributed by atoms with E-state index in [-0.39, 0.29) is 43.1 Å². The van der Waals surface area contributed by atoms with Gasteiger partial charge in [0.2, 0.25) is 11.8 Å². The van der Waals surface area contributed by atoms with Gasteiger partial charge in [0.05, 0.1) is 30.5 Å². The first-order chi connectivity index (χ1) is 21.3. The fourth-order valence-electron chi connectivity index (χ4n) is 6.22. The number of hydrogen-bond acceptors (Lipinski definition) is 6. The summed E-state index contributed by atoms with van der Waals surface area (Å²) in [5, 5.41) is 16.3. The van der Waals surface area contributed by atoms with Gasteiger partial charge in [-0.05, 0) is 41.3 Å². The van der Waals surface area contributed by atoms with E-state index in [1.54, 1.807) is 45.4 Å². The van der Waals surface area contributed by atoms with E-state index in [1.807, 2.05) is 72.1 Å². The number of fused-ring (bicyclic) bond motifs is 2. The third-order valence-corrected chi connectivity index (χ3v) is 8.40. The lowest BCUT2D eigenvalue weighted by Crippen LogP contribution is -2.66. The first-order valence-electron chi connectivity index (χ1n) is 15.0. The summed E-state index contributed by atoms with van der Waals surface area (Å²) in [4.78, 5) is 49.5. The number of carbonyl (C=O) groups excluding carboxylic acids is 3. The molecule has 228 valence electrons. The second kappa shape index (κ2) is 12.4. The average Bonchev–Trinajstić information content (AvgIpc) is 3.57. The lowest BCUT2D eigenvalue weighted by atomic mass is 9.99. The predicted octanol–water partition coefficient (Wildman–Crippen LogP) is 3.24. The Kier molecular flexibility index (Phi) is 8.21. The first kappa shape index (κ1) is 29.2. The summed E-state index contributed by atoms with van der Waals surface area (Å²) in [6.45, 7) is 3.32. The van der Waals surface area contributed by atoms with Gasteiger partial charge in [0, 0.05) is 33.1 Å². The third-order valence-electron chi connectivity index (χ3n) is 8.40. The van der Waals surface area contributed by atoms with Gasteiger partial charge in [-0.3, -0.25) is 14.6 Å². The molecule has 2 N–H and O–H groups in total. The van der Waals surface area contributed by atoms with Crippen molar-refractivity contribution in [1.82, 2.24) is 34.7 Å². The Morgan fingerprint density at radius 3 is 2.55 bits per heavy atom. The molecule has 3 aromatic carbocycles.